The van der Waals surface area contributed by atoms with Crippen LogP contribution in [0.4, 0.5) is 5.69 Å². The van der Waals surface area contributed by atoms with Gasteiger partial charge in [0.2, 0.25) is 5.91 Å². The molecule has 0 aliphatic heterocycles. The monoisotopic (exact) mass is 376 g/mol. The molecule has 2 aromatic rings. The van der Waals surface area contributed by atoms with Crippen molar-refractivity contribution < 1.29 is 14.3 Å². The molecule has 0 aromatic heterocycles. The molecule has 5 nitrogen and oxygen atoms in total. The Labute approximate surface area is 143 Å². The Balaban J connectivity index is 1.92. The van der Waals surface area contributed by atoms with Crippen LogP contribution in [0.5, 0.6) is 5.75 Å². The third-order valence-electron chi connectivity index (χ3n) is 3.20. The lowest BCUT2D eigenvalue weighted by atomic mass is 10.2. The van der Waals surface area contributed by atoms with Crippen molar-refractivity contribution in [2.45, 2.75) is 6.92 Å². The van der Waals surface area contributed by atoms with Gasteiger partial charge in [-0.3, -0.25) is 9.59 Å². The predicted molar refractivity (Wildman–Crippen MR) is 92.8 cm³/mol. The topological polar surface area (TPSA) is 67.4 Å². The second-order valence-corrected chi connectivity index (χ2v) is 5.84. The molecule has 0 bridgehead atoms. The quantitative estimate of drug-likeness (QED) is 0.842. The molecule has 0 atom stereocenters. The van der Waals surface area contributed by atoms with E-state index in [-0.39, 0.29) is 18.4 Å². The molecule has 0 unspecified atom stereocenters. The molecule has 120 valence electrons. The highest BCUT2D eigenvalue weighted by Gasteiger charge is 2.10. The van der Waals surface area contributed by atoms with Gasteiger partial charge in [0.1, 0.15) is 5.75 Å². The minimum absolute atomic E-state index is 0.106. The molecule has 0 aliphatic rings. The van der Waals surface area contributed by atoms with Gasteiger partial charge in [0.25, 0.3) is 5.91 Å². The Morgan fingerprint density at radius 1 is 1.17 bits per heavy atom. The van der Waals surface area contributed by atoms with Gasteiger partial charge in [0.05, 0.1) is 13.7 Å². The molecular weight excluding hydrogens is 360 g/mol. The van der Waals surface area contributed by atoms with Gasteiger partial charge >= 0.3 is 0 Å². The SMILES string of the molecule is COc1cccc(C(=O)NCC(=O)Nc2ccc(Br)cc2C)c1. The largest absolute Gasteiger partial charge is 0.497 e. The van der Waals surface area contributed by atoms with Crippen LogP contribution in [-0.4, -0.2) is 25.5 Å². The van der Waals surface area contributed by atoms with E-state index >= 15 is 0 Å². The highest BCUT2D eigenvalue weighted by Crippen LogP contribution is 2.19. The average Bonchev–Trinajstić information content (AvgIpc) is 2.55. The fourth-order valence-electron chi connectivity index (χ4n) is 1.99. The number of carbonyl (C=O) groups is 2. The first-order valence-electron chi connectivity index (χ1n) is 6.98. The van der Waals surface area contributed by atoms with Crippen LogP contribution in [0.3, 0.4) is 0 Å². The third-order valence-corrected chi connectivity index (χ3v) is 3.70. The first-order valence-corrected chi connectivity index (χ1v) is 7.77. The molecule has 23 heavy (non-hydrogen) atoms. The fourth-order valence-corrected chi connectivity index (χ4v) is 2.46. The molecule has 0 spiro atoms. The van der Waals surface area contributed by atoms with Gasteiger partial charge in [-0.25, -0.2) is 0 Å². The lowest BCUT2D eigenvalue weighted by Crippen LogP contribution is -2.33. The van der Waals surface area contributed by atoms with Crippen LogP contribution in [0.2, 0.25) is 0 Å². The summed E-state index contributed by atoms with van der Waals surface area (Å²) in [5.74, 6) is -0.0224. The number of benzene rings is 2. The zero-order valence-corrected chi connectivity index (χ0v) is 14.4. The van der Waals surface area contributed by atoms with E-state index in [1.165, 1.54) is 7.11 Å². The van der Waals surface area contributed by atoms with Crippen LogP contribution < -0.4 is 15.4 Å². The number of amides is 2. The van der Waals surface area contributed by atoms with E-state index in [9.17, 15) is 9.59 Å². The lowest BCUT2D eigenvalue weighted by Gasteiger charge is -2.10. The summed E-state index contributed by atoms with van der Waals surface area (Å²) in [5, 5.41) is 5.35. The van der Waals surface area contributed by atoms with Crippen LogP contribution >= 0.6 is 15.9 Å². The van der Waals surface area contributed by atoms with Crippen LogP contribution in [0.1, 0.15) is 15.9 Å². The zero-order chi connectivity index (χ0) is 16.8. The molecule has 0 radical (unpaired) electrons. The second-order valence-electron chi connectivity index (χ2n) is 4.92. The highest BCUT2D eigenvalue weighted by atomic mass is 79.9. The van der Waals surface area contributed by atoms with Crippen molar-refractivity contribution in [2.75, 3.05) is 19.0 Å². The molecule has 0 fully saturated rings. The fraction of sp³-hybridized carbons (Fsp3) is 0.176. The molecule has 0 aliphatic carbocycles. The third kappa shape index (κ3) is 4.82. The average molecular weight is 377 g/mol. The van der Waals surface area contributed by atoms with Crippen molar-refractivity contribution in [3.05, 3.63) is 58.1 Å². The van der Waals surface area contributed by atoms with Gasteiger partial charge in [-0.1, -0.05) is 22.0 Å². The van der Waals surface area contributed by atoms with Crippen LogP contribution in [0.15, 0.2) is 46.9 Å². The second kappa shape index (κ2) is 7.78. The number of aryl methyl sites for hydroxylation is 1. The lowest BCUT2D eigenvalue weighted by molar-refractivity contribution is -0.115. The van der Waals surface area contributed by atoms with Crippen LogP contribution in [0, 0.1) is 6.92 Å². The number of nitrogens with one attached hydrogen (secondary N) is 2. The summed E-state index contributed by atoms with van der Waals surface area (Å²) >= 11 is 3.37. The Bertz CT molecular complexity index is 732. The smallest absolute Gasteiger partial charge is 0.251 e. The standard InChI is InChI=1S/C17H17BrN2O3/c1-11-8-13(18)6-7-15(11)20-16(21)10-19-17(22)12-4-3-5-14(9-12)23-2/h3-9H,10H2,1-2H3,(H,19,22)(H,20,21). The summed E-state index contributed by atoms with van der Waals surface area (Å²) in [6, 6.07) is 12.3. The Hall–Kier alpha value is -2.34. The molecule has 2 rings (SSSR count). The van der Waals surface area contributed by atoms with Crippen molar-refractivity contribution in [1.29, 1.82) is 0 Å². The van der Waals surface area contributed by atoms with Gasteiger partial charge in [-0.05, 0) is 48.9 Å². The number of hydrogen-bond acceptors (Lipinski definition) is 3. The van der Waals surface area contributed by atoms with Gasteiger partial charge in [-0.2, -0.15) is 0 Å². The summed E-state index contributed by atoms with van der Waals surface area (Å²) in [6.07, 6.45) is 0. The summed E-state index contributed by atoms with van der Waals surface area (Å²) < 4.78 is 6.01. The van der Waals surface area contributed by atoms with E-state index in [0.29, 0.717) is 17.0 Å². The zero-order valence-electron chi connectivity index (χ0n) is 12.9. The van der Waals surface area contributed by atoms with Crippen molar-refractivity contribution in [2.24, 2.45) is 0 Å². The molecule has 2 aromatic carbocycles. The van der Waals surface area contributed by atoms with Gasteiger partial charge < -0.3 is 15.4 Å². The Morgan fingerprint density at radius 2 is 1.96 bits per heavy atom. The molecular formula is C17H17BrN2O3. The number of ether oxygens (including phenoxy) is 1. The van der Waals surface area contributed by atoms with Gasteiger partial charge in [0.15, 0.2) is 0 Å². The number of carbonyl (C=O) groups excluding carboxylic acids is 2. The number of rotatable bonds is 5. The van der Waals surface area contributed by atoms with E-state index in [0.717, 1.165) is 10.0 Å². The van der Waals surface area contributed by atoms with Crippen molar-refractivity contribution >= 4 is 33.4 Å². The number of halogens is 1. The summed E-state index contributed by atoms with van der Waals surface area (Å²) in [4.78, 5) is 24.0. The van der Waals surface area contributed by atoms with E-state index in [2.05, 4.69) is 26.6 Å². The summed E-state index contributed by atoms with van der Waals surface area (Å²) in [5.41, 5.74) is 2.10. The number of methoxy groups -OCH3 is 1. The number of hydrogen-bond donors (Lipinski definition) is 2. The minimum atomic E-state index is -0.327. The predicted octanol–water partition coefficient (Wildman–Crippen LogP) is 3.13. The van der Waals surface area contributed by atoms with Gasteiger partial charge in [-0.15, -0.1) is 0 Å². The van der Waals surface area contributed by atoms with Crippen molar-refractivity contribution in [3.8, 4) is 5.75 Å². The highest BCUT2D eigenvalue weighted by molar-refractivity contribution is 9.10. The maximum atomic E-state index is 12.0. The maximum Gasteiger partial charge on any atom is 0.251 e. The number of anilines is 1. The minimum Gasteiger partial charge on any atom is -0.497 e. The Kier molecular flexibility index (Phi) is 5.76. The van der Waals surface area contributed by atoms with Crippen LogP contribution in [-0.2, 0) is 4.79 Å². The summed E-state index contributed by atoms with van der Waals surface area (Å²) in [6.45, 7) is 1.79. The van der Waals surface area contributed by atoms with Gasteiger partial charge in [0, 0.05) is 15.7 Å². The van der Waals surface area contributed by atoms with E-state index in [1.54, 1.807) is 30.3 Å². The van der Waals surface area contributed by atoms with E-state index in [1.807, 2.05) is 19.1 Å². The normalized spacial score (nSPS) is 10.0. The van der Waals surface area contributed by atoms with Crippen molar-refractivity contribution in [1.82, 2.24) is 5.32 Å². The maximum absolute atomic E-state index is 12.0. The first kappa shape index (κ1) is 17.0. The van der Waals surface area contributed by atoms with Crippen molar-refractivity contribution in [3.63, 3.8) is 0 Å². The van der Waals surface area contributed by atoms with E-state index in [4.69, 9.17) is 4.74 Å². The molecule has 6 heteroatoms. The van der Waals surface area contributed by atoms with E-state index < -0.39 is 0 Å². The molecule has 0 saturated heterocycles. The molecule has 2 N–H and O–H groups in total. The summed E-state index contributed by atoms with van der Waals surface area (Å²) in [7, 11) is 1.53. The molecule has 0 saturated carbocycles. The Morgan fingerprint density at radius 3 is 2.65 bits per heavy atom. The van der Waals surface area contributed by atoms with Crippen LogP contribution in [0.25, 0.3) is 0 Å². The molecule has 0 heterocycles. The first-order chi connectivity index (χ1) is 11.0. The molecule has 2 amide bonds.